The molecule has 0 amide bonds. The van der Waals surface area contributed by atoms with Crippen molar-refractivity contribution in [3.63, 3.8) is 0 Å². The predicted octanol–water partition coefficient (Wildman–Crippen LogP) is 1.78. The molecule has 4 rings (SSSR count). The van der Waals surface area contributed by atoms with Crippen molar-refractivity contribution in [1.82, 2.24) is 14.8 Å². The molecule has 4 heterocycles. The lowest BCUT2D eigenvalue weighted by atomic mass is 9.86. The lowest BCUT2D eigenvalue weighted by Gasteiger charge is -2.40. The van der Waals surface area contributed by atoms with Crippen LogP contribution in [0.5, 0.6) is 0 Å². The lowest BCUT2D eigenvalue weighted by Crippen LogP contribution is -2.47. The number of nitrogens with zero attached hydrogens (tertiary/aromatic N) is 3. The highest BCUT2D eigenvalue weighted by Crippen LogP contribution is 2.38. The van der Waals surface area contributed by atoms with Crippen LogP contribution in [0.1, 0.15) is 25.0 Å². The van der Waals surface area contributed by atoms with Gasteiger partial charge in [0.2, 0.25) is 0 Å². The number of rotatable bonds is 4. The summed E-state index contributed by atoms with van der Waals surface area (Å²) >= 11 is 0. The zero-order valence-electron chi connectivity index (χ0n) is 14.5. The van der Waals surface area contributed by atoms with Gasteiger partial charge in [0.25, 0.3) is 0 Å². The molecule has 0 radical (unpaired) electrons. The summed E-state index contributed by atoms with van der Waals surface area (Å²) in [6, 6.07) is 6.18. The van der Waals surface area contributed by atoms with Crippen molar-refractivity contribution in [2.45, 2.75) is 31.4 Å². The summed E-state index contributed by atoms with van der Waals surface area (Å²) in [6.45, 7) is 9.19. The predicted molar refractivity (Wildman–Crippen MR) is 92.8 cm³/mol. The molecule has 0 N–H and O–H groups in total. The highest BCUT2D eigenvalue weighted by Gasteiger charge is 2.43. The SMILES string of the molecule is c1ccc(CN2CCC[C@@]3(C[C@H](CN4CCOCC4)CO3)C2)nc1. The van der Waals surface area contributed by atoms with Gasteiger partial charge in [-0.2, -0.15) is 0 Å². The van der Waals surface area contributed by atoms with Gasteiger partial charge in [-0.05, 0) is 43.9 Å². The lowest BCUT2D eigenvalue weighted by molar-refractivity contribution is -0.0539. The Hall–Kier alpha value is -1.01. The van der Waals surface area contributed by atoms with Crippen molar-refractivity contribution >= 4 is 0 Å². The smallest absolute Gasteiger partial charge is 0.0813 e. The summed E-state index contributed by atoms with van der Waals surface area (Å²) in [5, 5.41) is 0. The van der Waals surface area contributed by atoms with Crippen molar-refractivity contribution in [3.8, 4) is 0 Å². The number of hydrogen-bond donors (Lipinski definition) is 0. The van der Waals surface area contributed by atoms with Crippen molar-refractivity contribution in [1.29, 1.82) is 0 Å². The number of morpholine rings is 1. The molecule has 5 heteroatoms. The summed E-state index contributed by atoms with van der Waals surface area (Å²) in [5.74, 6) is 0.679. The largest absolute Gasteiger partial charge is 0.379 e. The van der Waals surface area contributed by atoms with Gasteiger partial charge in [-0.1, -0.05) is 6.07 Å². The minimum atomic E-state index is 0.0873. The summed E-state index contributed by atoms with van der Waals surface area (Å²) in [6.07, 6.45) is 5.55. The average Bonchev–Trinajstić information content (AvgIpc) is 2.98. The van der Waals surface area contributed by atoms with Crippen LogP contribution in [-0.4, -0.2) is 72.9 Å². The zero-order valence-corrected chi connectivity index (χ0v) is 14.5. The van der Waals surface area contributed by atoms with Gasteiger partial charge in [0, 0.05) is 38.9 Å². The van der Waals surface area contributed by atoms with Crippen molar-refractivity contribution in [2.75, 3.05) is 52.5 Å². The van der Waals surface area contributed by atoms with Gasteiger partial charge in [0.05, 0.1) is 31.1 Å². The molecule has 3 aliphatic rings. The molecular weight excluding hydrogens is 302 g/mol. The van der Waals surface area contributed by atoms with Crippen LogP contribution >= 0.6 is 0 Å². The van der Waals surface area contributed by atoms with E-state index < -0.39 is 0 Å². The van der Waals surface area contributed by atoms with Crippen LogP contribution in [0.25, 0.3) is 0 Å². The van der Waals surface area contributed by atoms with E-state index in [1.54, 1.807) is 0 Å². The van der Waals surface area contributed by atoms with Crippen LogP contribution in [-0.2, 0) is 16.0 Å². The maximum atomic E-state index is 6.38. The molecule has 24 heavy (non-hydrogen) atoms. The van der Waals surface area contributed by atoms with E-state index >= 15 is 0 Å². The molecule has 0 aromatic carbocycles. The molecule has 1 aromatic rings. The first-order valence-electron chi connectivity index (χ1n) is 9.38. The number of hydrogen-bond acceptors (Lipinski definition) is 5. The van der Waals surface area contributed by atoms with Gasteiger partial charge in [-0.25, -0.2) is 0 Å². The normalized spacial score (nSPS) is 32.4. The topological polar surface area (TPSA) is 37.8 Å². The number of likely N-dealkylation sites (tertiary alicyclic amines) is 1. The Labute approximate surface area is 144 Å². The molecule has 0 aliphatic carbocycles. The highest BCUT2D eigenvalue weighted by molar-refractivity contribution is 5.04. The Morgan fingerprint density at radius 1 is 1.17 bits per heavy atom. The van der Waals surface area contributed by atoms with Crippen LogP contribution < -0.4 is 0 Å². The van der Waals surface area contributed by atoms with Crippen molar-refractivity contribution < 1.29 is 9.47 Å². The summed E-state index contributed by atoms with van der Waals surface area (Å²) in [4.78, 5) is 9.56. The number of ether oxygens (including phenoxy) is 2. The van der Waals surface area contributed by atoms with Crippen molar-refractivity contribution in [2.24, 2.45) is 5.92 Å². The van der Waals surface area contributed by atoms with Crippen molar-refractivity contribution in [3.05, 3.63) is 30.1 Å². The van der Waals surface area contributed by atoms with Crippen LogP contribution in [0, 0.1) is 5.92 Å². The van der Waals surface area contributed by atoms with Gasteiger partial charge >= 0.3 is 0 Å². The monoisotopic (exact) mass is 331 g/mol. The molecule has 0 unspecified atom stereocenters. The fourth-order valence-electron chi connectivity index (χ4n) is 4.54. The van der Waals surface area contributed by atoms with Gasteiger partial charge in [-0.15, -0.1) is 0 Å². The Kier molecular flexibility index (Phi) is 5.13. The van der Waals surface area contributed by atoms with E-state index in [2.05, 4.69) is 26.9 Å². The minimum absolute atomic E-state index is 0.0873. The molecular formula is C19H29N3O2. The second kappa shape index (κ2) is 7.48. The van der Waals surface area contributed by atoms with Crippen LogP contribution in [0.15, 0.2) is 24.4 Å². The molecule has 0 saturated carbocycles. The second-order valence-electron chi connectivity index (χ2n) is 7.61. The second-order valence-corrected chi connectivity index (χ2v) is 7.61. The zero-order chi connectivity index (χ0) is 16.2. The van der Waals surface area contributed by atoms with Gasteiger partial charge in [0.1, 0.15) is 0 Å². The Morgan fingerprint density at radius 2 is 2.08 bits per heavy atom. The molecule has 1 spiro atoms. The maximum Gasteiger partial charge on any atom is 0.0813 e. The Balaban J connectivity index is 1.31. The van der Waals surface area contributed by atoms with Gasteiger partial charge < -0.3 is 9.47 Å². The van der Waals surface area contributed by atoms with Crippen LogP contribution in [0.2, 0.25) is 0 Å². The Bertz CT molecular complexity index is 521. The van der Waals surface area contributed by atoms with Crippen LogP contribution in [0.4, 0.5) is 0 Å². The van der Waals surface area contributed by atoms with E-state index in [1.165, 1.54) is 25.8 Å². The standard InChI is InChI=1S/C19H29N3O2/c1-2-6-20-18(4-1)14-22-7-3-5-19(16-22)12-17(15-24-19)13-21-8-10-23-11-9-21/h1-2,4,6,17H,3,5,7-16H2/t17-,19-/m1/s1. The van der Waals surface area contributed by atoms with E-state index in [1.807, 2.05) is 12.3 Å². The number of piperidine rings is 1. The first-order valence-corrected chi connectivity index (χ1v) is 9.38. The van der Waals surface area contributed by atoms with E-state index in [9.17, 15) is 0 Å². The maximum absolute atomic E-state index is 6.38. The highest BCUT2D eigenvalue weighted by atomic mass is 16.5. The van der Waals surface area contributed by atoms with Crippen LogP contribution in [0.3, 0.4) is 0 Å². The summed E-state index contributed by atoms with van der Waals surface area (Å²) in [7, 11) is 0. The molecule has 3 saturated heterocycles. The third-order valence-electron chi connectivity index (χ3n) is 5.64. The van der Waals surface area contributed by atoms with E-state index in [0.29, 0.717) is 5.92 Å². The molecule has 3 fully saturated rings. The molecule has 132 valence electrons. The average molecular weight is 331 g/mol. The number of pyridine rings is 1. The molecule has 5 nitrogen and oxygen atoms in total. The van der Waals surface area contributed by atoms with Gasteiger partial charge in [-0.3, -0.25) is 14.8 Å². The first-order chi connectivity index (χ1) is 11.8. The fraction of sp³-hybridized carbons (Fsp3) is 0.737. The molecule has 0 bridgehead atoms. The third-order valence-corrected chi connectivity index (χ3v) is 5.64. The Morgan fingerprint density at radius 3 is 2.92 bits per heavy atom. The molecule has 3 aliphatic heterocycles. The molecule has 1 aromatic heterocycles. The number of aromatic nitrogens is 1. The third kappa shape index (κ3) is 3.97. The van der Waals surface area contributed by atoms with Gasteiger partial charge in [0.15, 0.2) is 0 Å². The molecule has 2 atom stereocenters. The van der Waals surface area contributed by atoms with E-state index in [0.717, 1.165) is 58.2 Å². The summed E-state index contributed by atoms with van der Waals surface area (Å²) in [5.41, 5.74) is 1.25. The fourth-order valence-corrected chi connectivity index (χ4v) is 4.54. The van der Waals surface area contributed by atoms with E-state index in [4.69, 9.17) is 9.47 Å². The minimum Gasteiger partial charge on any atom is -0.379 e. The first kappa shape index (κ1) is 16.5. The quantitative estimate of drug-likeness (QED) is 0.841. The summed E-state index contributed by atoms with van der Waals surface area (Å²) < 4.78 is 11.8. The van der Waals surface area contributed by atoms with E-state index in [-0.39, 0.29) is 5.60 Å².